The summed E-state index contributed by atoms with van der Waals surface area (Å²) in [6, 6.07) is 13.2. The van der Waals surface area contributed by atoms with Gasteiger partial charge in [0.1, 0.15) is 5.75 Å². The molecule has 3 rings (SSSR count). The van der Waals surface area contributed by atoms with Crippen molar-refractivity contribution in [3.8, 4) is 5.75 Å². The van der Waals surface area contributed by atoms with Crippen LogP contribution in [0.3, 0.4) is 0 Å². The monoisotopic (exact) mass is 322 g/mol. The Kier molecular flexibility index (Phi) is 3.64. The molecular weight excluding hydrogens is 309 g/mol. The van der Waals surface area contributed by atoms with Crippen molar-refractivity contribution in [2.75, 3.05) is 7.11 Å². The molecule has 2 aromatic rings. The second-order valence-electron chi connectivity index (χ2n) is 5.19. The number of Topliss-reactive ketones (excluding diaryl/α,β-unsaturated/α-hetero) is 1. The number of epoxide rings is 1. The molecule has 0 aromatic heterocycles. The number of hydrogen-bond acceptors (Lipinski definition) is 3. The van der Waals surface area contributed by atoms with E-state index in [-0.39, 0.29) is 11.1 Å². The Bertz CT molecular complexity index is 710. The van der Waals surface area contributed by atoms with Crippen molar-refractivity contribution < 1.29 is 27.4 Å². The lowest BCUT2D eigenvalue weighted by Gasteiger charge is -2.17. The van der Waals surface area contributed by atoms with E-state index in [9.17, 15) is 18.0 Å². The van der Waals surface area contributed by atoms with Crippen molar-refractivity contribution in [3.05, 3.63) is 65.7 Å². The number of hydrogen-bond donors (Lipinski definition) is 0. The Morgan fingerprint density at radius 3 is 2.22 bits per heavy atom. The highest BCUT2D eigenvalue weighted by molar-refractivity contribution is 6.02. The van der Waals surface area contributed by atoms with E-state index in [1.54, 1.807) is 18.2 Å². The fourth-order valence-electron chi connectivity index (χ4n) is 2.58. The zero-order valence-corrected chi connectivity index (χ0v) is 12.1. The Labute approximate surface area is 130 Å². The van der Waals surface area contributed by atoms with Gasteiger partial charge in [-0.25, -0.2) is 0 Å². The van der Waals surface area contributed by atoms with Gasteiger partial charge in [-0.2, -0.15) is 13.2 Å². The predicted octanol–water partition coefficient (Wildman–Crippen LogP) is 3.73. The molecule has 2 unspecified atom stereocenters. The molecule has 120 valence electrons. The van der Waals surface area contributed by atoms with Gasteiger partial charge in [0.05, 0.1) is 7.11 Å². The van der Waals surface area contributed by atoms with Crippen molar-refractivity contribution in [2.45, 2.75) is 17.9 Å². The van der Waals surface area contributed by atoms with Crippen LogP contribution in [0.5, 0.6) is 5.75 Å². The van der Waals surface area contributed by atoms with Crippen LogP contribution in [0, 0.1) is 0 Å². The summed E-state index contributed by atoms with van der Waals surface area (Å²) in [5.41, 5.74) is -2.51. The van der Waals surface area contributed by atoms with Gasteiger partial charge in [-0.15, -0.1) is 0 Å². The standard InChI is InChI=1S/C17H13F3O3/c1-22-13-9-7-12(8-10-13)16(17(18,19)20)15(23-16)14(21)11-5-3-2-4-6-11/h2-10,15H,1H3. The van der Waals surface area contributed by atoms with Crippen molar-refractivity contribution >= 4 is 5.78 Å². The number of ether oxygens (including phenoxy) is 2. The summed E-state index contributed by atoms with van der Waals surface area (Å²) < 4.78 is 50.6. The summed E-state index contributed by atoms with van der Waals surface area (Å²) in [6.07, 6.45) is -6.27. The number of halogens is 3. The van der Waals surface area contributed by atoms with Crippen molar-refractivity contribution in [2.24, 2.45) is 0 Å². The van der Waals surface area contributed by atoms with Crippen LogP contribution < -0.4 is 4.74 Å². The van der Waals surface area contributed by atoms with Crippen LogP contribution >= 0.6 is 0 Å². The second kappa shape index (κ2) is 5.38. The van der Waals surface area contributed by atoms with Crippen molar-refractivity contribution in [1.82, 2.24) is 0 Å². The van der Waals surface area contributed by atoms with Gasteiger partial charge < -0.3 is 9.47 Å². The molecule has 0 bridgehead atoms. The highest BCUT2D eigenvalue weighted by atomic mass is 19.4. The smallest absolute Gasteiger partial charge is 0.424 e. The van der Waals surface area contributed by atoms with Gasteiger partial charge in [0, 0.05) is 5.56 Å². The Balaban J connectivity index is 1.96. The Morgan fingerprint density at radius 2 is 1.70 bits per heavy atom. The molecule has 1 heterocycles. The van der Waals surface area contributed by atoms with Gasteiger partial charge in [0.15, 0.2) is 11.9 Å². The summed E-state index contributed by atoms with van der Waals surface area (Å²) in [7, 11) is 1.42. The molecule has 0 radical (unpaired) electrons. The highest BCUT2D eigenvalue weighted by Gasteiger charge is 2.76. The minimum Gasteiger partial charge on any atom is -0.497 e. The quantitative estimate of drug-likeness (QED) is 0.636. The maximum absolute atomic E-state index is 13.6. The average Bonchev–Trinajstić information content (AvgIpc) is 3.32. The molecule has 1 aliphatic rings. The van der Waals surface area contributed by atoms with E-state index in [1.165, 1.54) is 43.5 Å². The number of alkyl halides is 3. The molecule has 1 saturated heterocycles. The summed E-state index contributed by atoms with van der Waals surface area (Å²) in [6.45, 7) is 0. The summed E-state index contributed by atoms with van der Waals surface area (Å²) in [4.78, 5) is 12.3. The third-order valence-corrected chi connectivity index (χ3v) is 3.85. The molecule has 0 saturated carbocycles. The number of rotatable bonds is 4. The third-order valence-electron chi connectivity index (χ3n) is 3.85. The molecule has 2 aromatic carbocycles. The van der Waals surface area contributed by atoms with Crippen LogP contribution in [-0.4, -0.2) is 25.2 Å². The minimum atomic E-state index is -4.70. The molecule has 0 N–H and O–H groups in total. The first-order valence-electron chi connectivity index (χ1n) is 6.88. The molecule has 1 fully saturated rings. The molecule has 0 aliphatic carbocycles. The number of methoxy groups -OCH3 is 1. The fourth-order valence-corrected chi connectivity index (χ4v) is 2.58. The third kappa shape index (κ3) is 2.49. The van der Waals surface area contributed by atoms with Crippen LogP contribution in [0.15, 0.2) is 54.6 Å². The van der Waals surface area contributed by atoms with E-state index in [1.807, 2.05) is 0 Å². The fraction of sp³-hybridized carbons (Fsp3) is 0.235. The summed E-state index contributed by atoms with van der Waals surface area (Å²) >= 11 is 0. The highest BCUT2D eigenvalue weighted by Crippen LogP contribution is 2.58. The average molecular weight is 322 g/mol. The van der Waals surface area contributed by atoms with Crippen LogP contribution in [0.25, 0.3) is 0 Å². The molecule has 2 atom stereocenters. The van der Waals surface area contributed by atoms with E-state index in [2.05, 4.69) is 0 Å². The SMILES string of the molecule is COc1ccc(C2(C(F)(F)F)OC2C(=O)c2ccccc2)cc1. The lowest BCUT2D eigenvalue weighted by molar-refractivity contribution is -0.187. The van der Waals surface area contributed by atoms with Gasteiger partial charge in [-0.3, -0.25) is 4.79 Å². The predicted molar refractivity (Wildman–Crippen MR) is 76.4 cm³/mol. The van der Waals surface area contributed by atoms with E-state index in [4.69, 9.17) is 9.47 Å². The van der Waals surface area contributed by atoms with E-state index < -0.39 is 23.7 Å². The zero-order valence-electron chi connectivity index (χ0n) is 12.1. The first kappa shape index (κ1) is 15.6. The van der Waals surface area contributed by atoms with Gasteiger partial charge >= 0.3 is 6.18 Å². The molecular formula is C17H13F3O3. The number of benzene rings is 2. The van der Waals surface area contributed by atoms with E-state index in [0.29, 0.717) is 5.75 Å². The molecule has 6 heteroatoms. The normalized spacial score (nSPS) is 23.4. The molecule has 23 heavy (non-hydrogen) atoms. The lowest BCUT2D eigenvalue weighted by Crippen LogP contribution is -2.35. The molecule has 3 nitrogen and oxygen atoms in total. The van der Waals surface area contributed by atoms with Gasteiger partial charge in [-0.05, 0) is 17.7 Å². The molecule has 0 spiro atoms. The first-order valence-corrected chi connectivity index (χ1v) is 6.88. The molecule has 1 aliphatic heterocycles. The maximum atomic E-state index is 13.6. The number of carbonyl (C=O) groups excluding carboxylic acids is 1. The van der Waals surface area contributed by atoms with Gasteiger partial charge in [-0.1, -0.05) is 42.5 Å². The topological polar surface area (TPSA) is 38.8 Å². The second-order valence-corrected chi connectivity index (χ2v) is 5.19. The lowest BCUT2D eigenvalue weighted by atomic mass is 9.90. The van der Waals surface area contributed by atoms with Gasteiger partial charge in [0.2, 0.25) is 5.60 Å². The van der Waals surface area contributed by atoms with Crippen molar-refractivity contribution in [1.29, 1.82) is 0 Å². The largest absolute Gasteiger partial charge is 0.497 e. The minimum absolute atomic E-state index is 0.111. The number of carbonyl (C=O) groups is 1. The summed E-state index contributed by atoms with van der Waals surface area (Å²) in [5, 5.41) is 0. The molecule has 0 amide bonds. The Hall–Kier alpha value is -2.34. The van der Waals surface area contributed by atoms with Crippen LogP contribution in [0.1, 0.15) is 15.9 Å². The Morgan fingerprint density at radius 1 is 1.09 bits per heavy atom. The maximum Gasteiger partial charge on any atom is 0.424 e. The van der Waals surface area contributed by atoms with Crippen LogP contribution in [0.2, 0.25) is 0 Å². The van der Waals surface area contributed by atoms with E-state index in [0.717, 1.165) is 0 Å². The van der Waals surface area contributed by atoms with Crippen LogP contribution in [-0.2, 0) is 10.3 Å². The summed E-state index contributed by atoms with van der Waals surface area (Å²) in [5.74, 6) is -0.253. The zero-order chi connectivity index (χ0) is 16.7. The van der Waals surface area contributed by atoms with Crippen LogP contribution in [0.4, 0.5) is 13.2 Å². The van der Waals surface area contributed by atoms with Crippen molar-refractivity contribution in [3.63, 3.8) is 0 Å². The van der Waals surface area contributed by atoms with E-state index >= 15 is 0 Å². The van der Waals surface area contributed by atoms with Gasteiger partial charge in [0.25, 0.3) is 0 Å². The first-order chi connectivity index (χ1) is 10.9. The number of ketones is 1.